The van der Waals surface area contributed by atoms with E-state index in [9.17, 15) is 14.5 Å². The van der Waals surface area contributed by atoms with Gasteiger partial charge in [0, 0.05) is 11.8 Å². The zero-order valence-corrected chi connectivity index (χ0v) is 9.22. The summed E-state index contributed by atoms with van der Waals surface area (Å²) in [6.07, 6.45) is 1.07. The van der Waals surface area contributed by atoms with Gasteiger partial charge in [0.2, 0.25) is 5.82 Å². The summed E-state index contributed by atoms with van der Waals surface area (Å²) in [4.78, 5) is 9.64. The van der Waals surface area contributed by atoms with Crippen molar-refractivity contribution in [3.8, 4) is 0 Å². The Balaban J connectivity index is 2.69. The third-order valence-electron chi connectivity index (χ3n) is 1.83. The molecule has 0 amide bonds. The lowest BCUT2D eigenvalue weighted by Crippen LogP contribution is -1.93. The maximum absolute atomic E-state index is 13.2. The Labute approximate surface area is 91.8 Å². The minimum absolute atomic E-state index is 0.459. The fourth-order valence-electron chi connectivity index (χ4n) is 1.12. The quantitative estimate of drug-likeness (QED) is 0.441. The molecular formula is C10H12FNO2S. The molecule has 0 bridgehead atoms. The number of benzene rings is 1. The number of nitrogens with zero attached hydrogens (tertiary/aromatic N) is 1. The number of nitro groups is 1. The summed E-state index contributed by atoms with van der Waals surface area (Å²) in [7, 11) is 0. The maximum Gasteiger partial charge on any atom is 0.304 e. The second-order valence-electron chi connectivity index (χ2n) is 3.10. The molecule has 0 aliphatic rings. The van der Waals surface area contributed by atoms with Gasteiger partial charge in [-0.05, 0) is 23.8 Å². The van der Waals surface area contributed by atoms with Crippen LogP contribution in [0.25, 0.3) is 0 Å². The van der Waals surface area contributed by atoms with E-state index in [1.54, 1.807) is 17.8 Å². The summed E-state index contributed by atoms with van der Waals surface area (Å²) in [5, 5.41) is 10.4. The lowest BCUT2D eigenvalue weighted by atomic mass is 10.2. The monoisotopic (exact) mass is 229 g/mol. The first-order chi connectivity index (χ1) is 7.15. The molecular weight excluding hydrogens is 217 g/mol. The molecule has 0 aliphatic heterocycles. The highest BCUT2D eigenvalue weighted by molar-refractivity contribution is 7.98. The van der Waals surface area contributed by atoms with Crippen molar-refractivity contribution in [2.75, 3.05) is 5.75 Å². The molecule has 3 nitrogen and oxygen atoms in total. The summed E-state index contributed by atoms with van der Waals surface area (Å²) >= 11 is 1.69. The van der Waals surface area contributed by atoms with E-state index < -0.39 is 16.4 Å². The molecule has 0 saturated carbocycles. The van der Waals surface area contributed by atoms with Crippen LogP contribution in [0.5, 0.6) is 0 Å². The van der Waals surface area contributed by atoms with Crippen molar-refractivity contribution in [2.24, 2.45) is 0 Å². The molecule has 0 N–H and O–H groups in total. The molecule has 0 atom stereocenters. The van der Waals surface area contributed by atoms with Crippen molar-refractivity contribution in [1.29, 1.82) is 0 Å². The van der Waals surface area contributed by atoms with Crippen LogP contribution in [-0.4, -0.2) is 10.7 Å². The zero-order valence-electron chi connectivity index (χ0n) is 8.40. The highest BCUT2D eigenvalue weighted by atomic mass is 32.2. The van der Waals surface area contributed by atoms with Crippen LogP contribution in [0.4, 0.5) is 10.1 Å². The summed E-state index contributed by atoms with van der Waals surface area (Å²) in [5.74, 6) is 0.955. The molecule has 15 heavy (non-hydrogen) atoms. The molecule has 1 aromatic rings. The molecule has 0 radical (unpaired) electrons. The van der Waals surface area contributed by atoms with E-state index in [0.29, 0.717) is 5.75 Å². The van der Waals surface area contributed by atoms with Crippen LogP contribution < -0.4 is 0 Å². The van der Waals surface area contributed by atoms with Gasteiger partial charge in [0.15, 0.2) is 0 Å². The molecule has 1 rings (SSSR count). The summed E-state index contributed by atoms with van der Waals surface area (Å²) < 4.78 is 13.2. The second-order valence-corrected chi connectivity index (χ2v) is 4.20. The molecule has 0 heterocycles. The van der Waals surface area contributed by atoms with Crippen LogP contribution in [0.15, 0.2) is 18.2 Å². The van der Waals surface area contributed by atoms with Crippen molar-refractivity contribution < 1.29 is 9.31 Å². The standard InChI is InChI=1S/C10H12FNO2S/c1-2-5-15-7-8-3-4-10(12(13)14)9(11)6-8/h3-4,6H,2,5,7H2,1H3. The van der Waals surface area contributed by atoms with Gasteiger partial charge in [-0.25, -0.2) is 0 Å². The summed E-state index contributed by atoms with van der Waals surface area (Å²) in [6, 6.07) is 4.06. The van der Waals surface area contributed by atoms with Crippen molar-refractivity contribution >= 4 is 17.4 Å². The van der Waals surface area contributed by atoms with Crippen molar-refractivity contribution in [2.45, 2.75) is 19.1 Å². The smallest absolute Gasteiger partial charge is 0.258 e. The lowest BCUT2D eigenvalue weighted by molar-refractivity contribution is -0.387. The van der Waals surface area contributed by atoms with Gasteiger partial charge in [0.05, 0.1) is 4.92 Å². The zero-order chi connectivity index (χ0) is 11.3. The Kier molecular flexibility index (Phi) is 4.55. The fourth-order valence-corrected chi connectivity index (χ4v) is 1.97. The van der Waals surface area contributed by atoms with Gasteiger partial charge in [-0.15, -0.1) is 0 Å². The molecule has 0 unspecified atom stereocenters. The van der Waals surface area contributed by atoms with E-state index in [2.05, 4.69) is 6.92 Å². The third-order valence-corrected chi connectivity index (χ3v) is 3.06. The van der Waals surface area contributed by atoms with Gasteiger partial charge >= 0.3 is 5.69 Å². The topological polar surface area (TPSA) is 43.1 Å². The summed E-state index contributed by atoms with van der Waals surface area (Å²) in [5.41, 5.74) is 0.329. The Hall–Kier alpha value is -1.10. The van der Waals surface area contributed by atoms with Crippen LogP contribution in [0.1, 0.15) is 18.9 Å². The number of rotatable bonds is 5. The molecule has 0 saturated heterocycles. The Morgan fingerprint density at radius 3 is 2.80 bits per heavy atom. The molecule has 0 aliphatic carbocycles. The predicted molar refractivity (Wildman–Crippen MR) is 59.5 cm³/mol. The van der Waals surface area contributed by atoms with E-state index >= 15 is 0 Å². The van der Waals surface area contributed by atoms with Crippen LogP contribution in [0.3, 0.4) is 0 Å². The van der Waals surface area contributed by atoms with Gasteiger partial charge < -0.3 is 0 Å². The fraction of sp³-hybridized carbons (Fsp3) is 0.400. The average Bonchev–Trinajstić information content (AvgIpc) is 2.17. The molecule has 0 aromatic heterocycles. The van der Waals surface area contributed by atoms with Crippen LogP contribution >= 0.6 is 11.8 Å². The van der Waals surface area contributed by atoms with Gasteiger partial charge in [0.1, 0.15) is 0 Å². The molecule has 82 valence electrons. The Bertz CT molecular complexity index is 357. The number of halogens is 1. The number of hydrogen-bond acceptors (Lipinski definition) is 3. The van der Waals surface area contributed by atoms with Gasteiger partial charge in [-0.1, -0.05) is 13.0 Å². The minimum atomic E-state index is -0.755. The Morgan fingerprint density at radius 2 is 2.27 bits per heavy atom. The van der Waals surface area contributed by atoms with E-state index in [-0.39, 0.29) is 0 Å². The number of hydrogen-bond donors (Lipinski definition) is 0. The number of thioether (sulfide) groups is 1. The molecule has 0 spiro atoms. The first-order valence-corrected chi connectivity index (χ1v) is 5.81. The summed E-state index contributed by atoms with van der Waals surface area (Å²) in [6.45, 7) is 2.07. The highest BCUT2D eigenvalue weighted by Crippen LogP contribution is 2.21. The first-order valence-electron chi connectivity index (χ1n) is 4.65. The van der Waals surface area contributed by atoms with Crippen LogP contribution in [0.2, 0.25) is 0 Å². The highest BCUT2D eigenvalue weighted by Gasteiger charge is 2.13. The van der Waals surface area contributed by atoms with E-state index in [1.165, 1.54) is 12.1 Å². The maximum atomic E-state index is 13.2. The van der Waals surface area contributed by atoms with Crippen molar-refractivity contribution in [3.63, 3.8) is 0 Å². The van der Waals surface area contributed by atoms with Crippen LogP contribution in [-0.2, 0) is 5.75 Å². The van der Waals surface area contributed by atoms with Crippen LogP contribution in [0, 0.1) is 15.9 Å². The SMILES string of the molecule is CCCSCc1ccc([N+](=O)[O-])c(F)c1. The van der Waals surface area contributed by atoms with Gasteiger partial charge in [-0.3, -0.25) is 10.1 Å². The molecule has 1 aromatic carbocycles. The van der Waals surface area contributed by atoms with Crippen molar-refractivity contribution in [3.05, 3.63) is 39.7 Å². The van der Waals surface area contributed by atoms with Crippen molar-refractivity contribution in [1.82, 2.24) is 0 Å². The first kappa shape index (κ1) is 12.0. The predicted octanol–water partition coefficient (Wildman–Crippen LogP) is 3.38. The van der Waals surface area contributed by atoms with Gasteiger partial charge in [-0.2, -0.15) is 16.2 Å². The van der Waals surface area contributed by atoms with E-state index in [0.717, 1.165) is 17.7 Å². The minimum Gasteiger partial charge on any atom is -0.258 e. The Morgan fingerprint density at radius 1 is 1.53 bits per heavy atom. The average molecular weight is 229 g/mol. The van der Waals surface area contributed by atoms with E-state index in [4.69, 9.17) is 0 Å². The second kappa shape index (κ2) is 5.70. The van der Waals surface area contributed by atoms with Gasteiger partial charge in [0.25, 0.3) is 0 Å². The largest absolute Gasteiger partial charge is 0.304 e. The molecule has 5 heteroatoms. The third kappa shape index (κ3) is 3.51. The van der Waals surface area contributed by atoms with E-state index in [1.807, 2.05) is 0 Å². The molecule has 0 fully saturated rings. The lowest BCUT2D eigenvalue weighted by Gasteiger charge is -2.01. The normalized spacial score (nSPS) is 10.3. The number of nitro benzene ring substituents is 1.